The van der Waals surface area contributed by atoms with Gasteiger partial charge in [-0.05, 0) is 42.3 Å². The summed E-state index contributed by atoms with van der Waals surface area (Å²) in [5, 5.41) is 5.28. The summed E-state index contributed by atoms with van der Waals surface area (Å²) in [5.41, 5.74) is 1.65. The van der Waals surface area contributed by atoms with Gasteiger partial charge in [0, 0.05) is 6.92 Å². The number of carbonyl (C=O) groups excluding carboxylic acids is 2. The van der Waals surface area contributed by atoms with Crippen LogP contribution in [0.4, 0.5) is 10.1 Å². The third-order valence-electron chi connectivity index (χ3n) is 3.68. The Morgan fingerprint density at radius 2 is 1.84 bits per heavy atom. The van der Waals surface area contributed by atoms with E-state index in [0.717, 1.165) is 11.1 Å². The Hall–Kier alpha value is -2.89. The minimum Gasteiger partial charge on any atom is -0.497 e. The first-order valence-corrected chi connectivity index (χ1v) is 7.86. The quantitative estimate of drug-likeness (QED) is 0.844. The highest BCUT2D eigenvalue weighted by atomic mass is 19.1. The summed E-state index contributed by atoms with van der Waals surface area (Å²) in [6.45, 7) is 3.15. The molecule has 0 spiro atoms. The molecule has 2 amide bonds. The number of nitrogens with one attached hydrogen (secondary N) is 2. The second-order valence-corrected chi connectivity index (χ2v) is 5.76. The van der Waals surface area contributed by atoms with Gasteiger partial charge in [0.25, 0.3) is 0 Å². The number of hydrogen-bond acceptors (Lipinski definition) is 3. The summed E-state index contributed by atoms with van der Waals surface area (Å²) >= 11 is 0. The number of carbonyl (C=O) groups is 2. The molecule has 0 bridgehead atoms. The largest absolute Gasteiger partial charge is 0.497 e. The van der Waals surface area contributed by atoms with E-state index in [1.165, 1.54) is 19.1 Å². The number of rotatable bonds is 6. The monoisotopic (exact) mass is 344 g/mol. The molecule has 0 aromatic heterocycles. The molecule has 1 atom stereocenters. The van der Waals surface area contributed by atoms with E-state index in [0.29, 0.717) is 5.75 Å². The third-order valence-corrected chi connectivity index (χ3v) is 3.68. The molecule has 5 nitrogen and oxygen atoms in total. The maximum absolute atomic E-state index is 13.9. The van der Waals surface area contributed by atoms with E-state index in [1.807, 2.05) is 0 Å². The predicted octanol–water partition coefficient (Wildman–Crippen LogP) is 3.35. The number of aryl methyl sites for hydroxylation is 1. The van der Waals surface area contributed by atoms with E-state index in [-0.39, 0.29) is 18.0 Å². The molecule has 0 aliphatic rings. The van der Waals surface area contributed by atoms with E-state index in [4.69, 9.17) is 4.74 Å². The molecule has 0 heterocycles. The van der Waals surface area contributed by atoms with Gasteiger partial charge in [0.2, 0.25) is 11.8 Å². The van der Waals surface area contributed by atoms with Gasteiger partial charge < -0.3 is 15.4 Å². The Morgan fingerprint density at radius 3 is 2.40 bits per heavy atom. The normalized spacial score (nSPS) is 11.5. The molecule has 6 heteroatoms. The highest BCUT2D eigenvalue weighted by Crippen LogP contribution is 2.22. The number of anilines is 1. The van der Waals surface area contributed by atoms with Crippen LogP contribution in [0.25, 0.3) is 0 Å². The van der Waals surface area contributed by atoms with Gasteiger partial charge in [0.15, 0.2) is 0 Å². The zero-order valence-corrected chi connectivity index (χ0v) is 14.4. The molecular weight excluding hydrogens is 323 g/mol. The molecule has 2 aromatic carbocycles. The van der Waals surface area contributed by atoms with Crippen molar-refractivity contribution in [2.45, 2.75) is 26.3 Å². The molecule has 0 radical (unpaired) electrons. The summed E-state index contributed by atoms with van der Waals surface area (Å²) in [6, 6.07) is 11.1. The second kappa shape index (κ2) is 8.28. The molecule has 2 aromatic rings. The first kappa shape index (κ1) is 18.4. The van der Waals surface area contributed by atoms with Gasteiger partial charge >= 0.3 is 0 Å². The number of methoxy groups -OCH3 is 1. The Labute approximate surface area is 146 Å². The molecule has 2 rings (SSSR count). The topological polar surface area (TPSA) is 67.4 Å². The van der Waals surface area contributed by atoms with Gasteiger partial charge in [-0.25, -0.2) is 4.39 Å². The van der Waals surface area contributed by atoms with Crippen LogP contribution < -0.4 is 15.4 Å². The molecule has 1 unspecified atom stereocenters. The van der Waals surface area contributed by atoms with Gasteiger partial charge in [-0.15, -0.1) is 0 Å². The van der Waals surface area contributed by atoms with Crippen molar-refractivity contribution in [2.75, 3.05) is 12.4 Å². The molecule has 0 saturated carbocycles. The van der Waals surface area contributed by atoms with Crippen LogP contribution in [0.15, 0.2) is 42.5 Å². The van der Waals surface area contributed by atoms with Crippen LogP contribution in [0.3, 0.4) is 0 Å². The SMILES string of the molecule is COc1ccc(C(CC(=O)Nc2ccc(C)cc2F)NC(C)=O)cc1. The first-order valence-electron chi connectivity index (χ1n) is 7.86. The molecule has 0 saturated heterocycles. The van der Waals surface area contributed by atoms with E-state index >= 15 is 0 Å². The summed E-state index contributed by atoms with van der Waals surface area (Å²) in [5.74, 6) is -0.460. The Bertz CT molecular complexity index is 760. The maximum Gasteiger partial charge on any atom is 0.226 e. The van der Waals surface area contributed by atoms with E-state index in [1.54, 1.807) is 44.4 Å². The fourth-order valence-electron chi connectivity index (χ4n) is 2.44. The van der Waals surface area contributed by atoms with Crippen LogP contribution >= 0.6 is 0 Å². The number of hydrogen-bond donors (Lipinski definition) is 2. The third kappa shape index (κ3) is 5.31. The van der Waals surface area contributed by atoms with Crippen molar-refractivity contribution in [1.82, 2.24) is 5.32 Å². The van der Waals surface area contributed by atoms with E-state index in [2.05, 4.69) is 10.6 Å². The highest BCUT2D eigenvalue weighted by molar-refractivity contribution is 5.91. The summed E-state index contributed by atoms with van der Waals surface area (Å²) < 4.78 is 19.0. The van der Waals surface area contributed by atoms with E-state index in [9.17, 15) is 14.0 Å². The van der Waals surface area contributed by atoms with Crippen molar-refractivity contribution in [3.05, 3.63) is 59.4 Å². The van der Waals surface area contributed by atoms with Crippen molar-refractivity contribution in [1.29, 1.82) is 0 Å². The lowest BCUT2D eigenvalue weighted by Crippen LogP contribution is -2.29. The number of amides is 2. The van der Waals surface area contributed by atoms with Gasteiger partial charge in [-0.1, -0.05) is 18.2 Å². The van der Waals surface area contributed by atoms with Crippen LogP contribution in [0.1, 0.15) is 30.5 Å². The average Bonchev–Trinajstić information content (AvgIpc) is 2.56. The van der Waals surface area contributed by atoms with Gasteiger partial charge in [0.1, 0.15) is 11.6 Å². The van der Waals surface area contributed by atoms with E-state index < -0.39 is 17.8 Å². The number of ether oxygens (including phenoxy) is 1. The first-order chi connectivity index (χ1) is 11.9. The summed E-state index contributed by atoms with van der Waals surface area (Å²) in [4.78, 5) is 23.7. The zero-order valence-electron chi connectivity index (χ0n) is 14.4. The number of halogens is 1. The molecule has 0 fully saturated rings. The molecular formula is C19H21FN2O3. The zero-order chi connectivity index (χ0) is 18.4. The Morgan fingerprint density at radius 1 is 1.16 bits per heavy atom. The van der Waals surface area contributed by atoms with Crippen LogP contribution in [0.2, 0.25) is 0 Å². The fourth-order valence-corrected chi connectivity index (χ4v) is 2.44. The number of benzene rings is 2. The molecule has 132 valence electrons. The van der Waals surface area contributed by atoms with Crippen molar-refractivity contribution >= 4 is 17.5 Å². The van der Waals surface area contributed by atoms with Crippen molar-refractivity contribution in [3.63, 3.8) is 0 Å². The minimum atomic E-state index is -0.517. The fraction of sp³-hybridized carbons (Fsp3) is 0.263. The lowest BCUT2D eigenvalue weighted by atomic mass is 10.0. The highest BCUT2D eigenvalue weighted by Gasteiger charge is 2.18. The molecule has 0 aliphatic heterocycles. The Kier molecular flexibility index (Phi) is 6.11. The van der Waals surface area contributed by atoms with Crippen LogP contribution in [-0.2, 0) is 9.59 Å². The second-order valence-electron chi connectivity index (χ2n) is 5.76. The summed E-state index contributed by atoms with van der Waals surface area (Å²) in [7, 11) is 1.56. The predicted molar refractivity (Wildman–Crippen MR) is 93.9 cm³/mol. The van der Waals surface area contributed by atoms with Gasteiger partial charge in [-0.3, -0.25) is 9.59 Å². The van der Waals surface area contributed by atoms with Crippen LogP contribution in [-0.4, -0.2) is 18.9 Å². The lowest BCUT2D eigenvalue weighted by molar-refractivity contribution is -0.120. The Balaban J connectivity index is 2.12. The average molecular weight is 344 g/mol. The lowest BCUT2D eigenvalue weighted by Gasteiger charge is -2.18. The maximum atomic E-state index is 13.9. The van der Waals surface area contributed by atoms with Crippen LogP contribution in [0, 0.1) is 12.7 Å². The van der Waals surface area contributed by atoms with Gasteiger partial charge in [0.05, 0.1) is 25.3 Å². The standard InChI is InChI=1S/C19H21FN2O3/c1-12-4-9-17(16(20)10-12)22-19(24)11-18(21-13(2)23)14-5-7-15(25-3)8-6-14/h4-10,18H,11H2,1-3H3,(H,21,23)(H,22,24). The molecule has 2 N–H and O–H groups in total. The minimum absolute atomic E-state index is 0.0147. The smallest absolute Gasteiger partial charge is 0.226 e. The molecule has 0 aliphatic carbocycles. The van der Waals surface area contributed by atoms with Gasteiger partial charge in [-0.2, -0.15) is 0 Å². The molecule has 25 heavy (non-hydrogen) atoms. The van der Waals surface area contributed by atoms with Crippen molar-refractivity contribution in [3.8, 4) is 5.75 Å². The summed E-state index contributed by atoms with van der Waals surface area (Å²) in [6.07, 6.45) is -0.0147. The van der Waals surface area contributed by atoms with Crippen LogP contribution in [0.5, 0.6) is 5.75 Å². The van der Waals surface area contributed by atoms with Crippen molar-refractivity contribution in [2.24, 2.45) is 0 Å². The van der Waals surface area contributed by atoms with Crippen molar-refractivity contribution < 1.29 is 18.7 Å².